The molecule has 0 saturated heterocycles. The van der Waals surface area contributed by atoms with Crippen LogP contribution in [0.15, 0.2) is 24.3 Å². The van der Waals surface area contributed by atoms with E-state index in [0.717, 1.165) is 25.8 Å². The number of fused-ring (bicyclic) bond motifs is 1. The normalized spacial score (nSPS) is 21.9. The van der Waals surface area contributed by atoms with Crippen molar-refractivity contribution in [3.05, 3.63) is 35.4 Å². The highest BCUT2D eigenvalue weighted by molar-refractivity contribution is 7.91. The van der Waals surface area contributed by atoms with Crippen LogP contribution in [0.3, 0.4) is 0 Å². The predicted molar refractivity (Wildman–Crippen MR) is 83.6 cm³/mol. The Morgan fingerprint density at radius 3 is 2.70 bits per heavy atom. The summed E-state index contributed by atoms with van der Waals surface area (Å²) in [6, 6.07) is 8.81. The molecule has 3 nitrogen and oxygen atoms in total. The van der Waals surface area contributed by atoms with E-state index in [2.05, 4.69) is 36.5 Å². The van der Waals surface area contributed by atoms with E-state index in [1.54, 1.807) is 6.92 Å². The Balaban J connectivity index is 2.09. The van der Waals surface area contributed by atoms with Gasteiger partial charge in [-0.3, -0.25) is 0 Å². The van der Waals surface area contributed by atoms with Crippen LogP contribution >= 0.6 is 0 Å². The van der Waals surface area contributed by atoms with Crippen molar-refractivity contribution in [1.82, 2.24) is 5.32 Å². The Labute approximate surface area is 122 Å². The molecular formula is C16H25NO2S. The zero-order valence-electron chi connectivity index (χ0n) is 12.4. The molecule has 0 amide bonds. The van der Waals surface area contributed by atoms with Crippen LogP contribution < -0.4 is 5.32 Å². The van der Waals surface area contributed by atoms with Gasteiger partial charge in [0.1, 0.15) is 9.84 Å². The molecular weight excluding hydrogens is 270 g/mol. The summed E-state index contributed by atoms with van der Waals surface area (Å²) in [6.07, 6.45) is 2.85. The van der Waals surface area contributed by atoms with Crippen LogP contribution in [-0.4, -0.2) is 26.5 Å². The highest BCUT2D eigenvalue weighted by atomic mass is 32.2. The Bertz CT molecular complexity index is 539. The van der Waals surface area contributed by atoms with Gasteiger partial charge in [0.15, 0.2) is 0 Å². The molecule has 20 heavy (non-hydrogen) atoms. The van der Waals surface area contributed by atoms with E-state index in [1.807, 2.05) is 0 Å². The molecule has 0 fully saturated rings. The van der Waals surface area contributed by atoms with Gasteiger partial charge in [-0.1, -0.05) is 38.1 Å². The molecule has 0 radical (unpaired) electrons. The van der Waals surface area contributed by atoms with Crippen LogP contribution in [0.25, 0.3) is 0 Å². The number of rotatable bonds is 7. The maximum Gasteiger partial charge on any atom is 0.150 e. The molecule has 4 heteroatoms. The van der Waals surface area contributed by atoms with Gasteiger partial charge >= 0.3 is 0 Å². The summed E-state index contributed by atoms with van der Waals surface area (Å²) < 4.78 is 23.5. The topological polar surface area (TPSA) is 46.2 Å². The van der Waals surface area contributed by atoms with Gasteiger partial charge in [-0.2, -0.15) is 0 Å². The Hall–Kier alpha value is -0.870. The van der Waals surface area contributed by atoms with Gasteiger partial charge in [-0.15, -0.1) is 0 Å². The first-order valence-corrected chi connectivity index (χ1v) is 9.41. The highest BCUT2D eigenvalue weighted by Gasteiger charge is 2.32. The average molecular weight is 295 g/mol. The van der Waals surface area contributed by atoms with Crippen molar-refractivity contribution in [1.29, 1.82) is 0 Å². The number of hydrogen-bond acceptors (Lipinski definition) is 3. The van der Waals surface area contributed by atoms with Crippen LogP contribution in [-0.2, 0) is 16.3 Å². The fourth-order valence-corrected chi connectivity index (χ4v) is 3.95. The molecule has 0 bridgehead atoms. The minimum Gasteiger partial charge on any atom is -0.310 e. The van der Waals surface area contributed by atoms with Crippen molar-refractivity contribution < 1.29 is 8.42 Å². The molecule has 1 N–H and O–H groups in total. The largest absolute Gasteiger partial charge is 0.310 e. The summed E-state index contributed by atoms with van der Waals surface area (Å²) in [6.45, 7) is 4.87. The van der Waals surface area contributed by atoms with E-state index in [0.29, 0.717) is 17.7 Å². The van der Waals surface area contributed by atoms with E-state index >= 15 is 0 Å². The second-order valence-electron chi connectivity index (χ2n) is 5.62. The minimum atomic E-state index is -2.87. The lowest BCUT2D eigenvalue weighted by Crippen LogP contribution is -2.27. The quantitative estimate of drug-likeness (QED) is 0.841. The summed E-state index contributed by atoms with van der Waals surface area (Å²) in [5.74, 6) is 0.965. The smallest absolute Gasteiger partial charge is 0.150 e. The van der Waals surface area contributed by atoms with Crippen LogP contribution in [0.2, 0.25) is 0 Å². The average Bonchev–Trinajstić information content (AvgIpc) is 2.81. The molecule has 1 aliphatic rings. The van der Waals surface area contributed by atoms with E-state index in [1.165, 1.54) is 11.1 Å². The molecule has 1 aliphatic carbocycles. The maximum absolute atomic E-state index is 11.7. The Morgan fingerprint density at radius 1 is 1.25 bits per heavy atom. The fourth-order valence-electron chi connectivity index (χ4n) is 3.00. The van der Waals surface area contributed by atoms with E-state index in [4.69, 9.17) is 0 Å². The van der Waals surface area contributed by atoms with Crippen molar-refractivity contribution in [2.75, 3.05) is 18.1 Å². The van der Waals surface area contributed by atoms with Crippen LogP contribution in [0.4, 0.5) is 0 Å². The molecule has 2 atom stereocenters. The Morgan fingerprint density at radius 2 is 2.00 bits per heavy atom. The van der Waals surface area contributed by atoms with Crippen LogP contribution in [0.5, 0.6) is 0 Å². The fraction of sp³-hybridized carbons (Fsp3) is 0.625. The summed E-state index contributed by atoms with van der Waals surface area (Å²) in [7, 11) is -2.87. The number of nitrogens with one attached hydrogen (secondary N) is 1. The lowest BCUT2D eigenvalue weighted by atomic mass is 9.98. The van der Waals surface area contributed by atoms with Crippen molar-refractivity contribution in [2.24, 2.45) is 5.92 Å². The molecule has 2 rings (SSSR count). The second-order valence-corrected chi connectivity index (χ2v) is 8.09. The molecule has 0 spiro atoms. The van der Waals surface area contributed by atoms with Gasteiger partial charge in [0.05, 0.1) is 5.75 Å². The van der Waals surface area contributed by atoms with Crippen molar-refractivity contribution >= 4 is 9.84 Å². The molecule has 0 saturated carbocycles. The summed E-state index contributed by atoms with van der Waals surface area (Å²) >= 11 is 0. The predicted octanol–water partition coefficient (Wildman–Crippen LogP) is 2.72. The van der Waals surface area contributed by atoms with Gasteiger partial charge in [-0.25, -0.2) is 8.42 Å². The second kappa shape index (κ2) is 6.72. The zero-order valence-corrected chi connectivity index (χ0v) is 13.2. The molecule has 0 heterocycles. The van der Waals surface area contributed by atoms with Crippen LogP contribution in [0.1, 0.15) is 43.9 Å². The summed E-state index contributed by atoms with van der Waals surface area (Å²) in [5.41, 5.74) is 2.74. The standard InChI is InChI=1S/C16H25NO2S/c1-3-10-17-16-14(9-11-20(18,19)4-2)12-13-7-5-6-8-15(13)16/h5-8,14,16-17H,3-4,9-12H2,1-2H3. The first-order valence-electron chi connectivity index (χ1n) is 7.59. The minimum absolute atomic E-state index is 0.250. The zero-order chi connectivity index (χ0) is 14.6. The van der Waals surface area contributed by atoms with E-state index < -0.39 is 9.84 Å². The third-order valence-corrected chi connectivity index (χ3v) is 5.93. The number of hydrogen-bond donors (Lipinski definition) is 1. The molecule has 1 aromatic carbocycles. The van der Waals surface area contributed by atoms with Crippen molar-refractivity contribution in [3.8, 4) is 0 Å². The monoisotopic (exact) mass is 295 g/mol. The van der Waals surface area contributed by atoms with Gasteiger partial charge in [0, 0.05) is 11.8 Å². The molecule has 0 aromatic heterocycles. The summed E-state index contributed by atoms with van der Waals surface area (Å²) in [5, 5.41) is 3.60. The highest BCUT2D eigenvalue weighted by Crippen LogP contribution is 2.38. The van der Waals surface area contributed by atoms with Gasteiger partial charge in [-0.05, 0) is 42.9 Å². The third kappa shape index (κ3) is 3.61. The van der Waals surface area contributed by atoms with Crippen molar-refractivity contribution in [2.45, 2.75) is 39.2 Å². The molecule has 2 unspecified atom stereocenters. The maximum atomic E-state index is 11.7. The van der Waals surface area contributed by atoms with Crippen LogP contribution in [0, 0.1) is 5.92 Å². The number of sulfone groups is 1. The first-order chi connectivity index (χ1) is 9.57. The van der Waals surface area contributed by atoms with E-state index in [-0.39, 0.29) is 5.75 Å². The lowest BCUT2D eigenvalue weighted by Gasteiger charge is -2.21. The summed E-state index contributed by atoms with van der Waals surface area (Å²) in [4.78, 5) is 0. The number of benzene rings is 1. The lowest BCUT2D eigenvalue weighted by molar-refractivity contribution is 0.379. The molecule has 1 aromatic rings. The van der Waals surface area contributed by atoms with Gasteiger partial charge in [0.25, 0.3) is 0 Å². The first kappa shape index (κ1) is 15.5. The Kier molecular flexibility index (Phi) is 5.22. The van der Waals surface area contributed by atoms with E-state index in [9.17, 15) is 8.42 Å². The van der Waals surface area contributed by atoms with Gasteiger partial charge in [0.2, 0.25) is 0 Å². The molecule has 0 aliphatic heterocycles. The van der Waals surface area contributed by atoms with Crippen molar-refractivity contribution in [3.63, 3.8) is 0 Å². The molecule has 112 valence electrons. The van der Waals surface area contributed by atoms with Gasteiger partial charge < -0.3 is 5.32 Å². The third-order valence-electron chi connectivity index (χ3n) is 4.20. The SMILES string of the molecule is CCCNC1c2ccccc2CC1CCS(=O)(=O)CC.